The maximum Gasteiger partial charge on any atom is 0.347 e. The van der Waals surface area contributed by atoms with Crippen molar-refractivity contribution in [2.24, 2.45) is 0 Å². The normalized spacial score (nSPS) is 13.5. The average Bonchev–Trinajstić information content (AvgIpc) is 2.67. The highest BCUT2D eigenvalue weighted by molar-refractivity contribution is 5.75. The van der Waals surface area contributed by atoms with E-state index in [9.17, 15) is 9.90 Å². The Morgan fingerprint density at radius 2 is 1.94 bits per heavy atom. The van der Waals surface area contributed by atoms with Gasteiger partial charge < -0.3 is 9.52 Å². The Bertz CT molecular complexity index is 557. The molecule has 82 valence electrons. The maximum absolute atomic E-state index is 11.7. The van der Waals surface area contributed by atoms with E-state index in [0.29, 0.717) is 5.76 Å². The Kier molecular flexibility index (Phi) is 2.52. The molecule has 3 nitrogen and oxygen atoms in total. The third-order valence-corrected chi connectivity index (χ3v) is 2.52. The molecule has 2 rings (SSSR count). The molecule has 0 aromatic carbocycles. The van der Waals surface area contributed by atoms with Crippen molar-refractivity contribution in [1.82, 2.24) is 0 Å². The second kappa shape index (κ2) is 3.85. The van der Waals surface area contributed by atoms with Gasteiger partial charge in [-0.15, -0.1) is 0 Å². The number of hydrogen-bond acceptors (Lipinski definition) is 3. The van der Waals surface area contributed by atoms with Crippen LogP contribution in [-0.4, -0.2) is 5.11 Å². The zero-order valence-corrected chi connectivity index (χ0v) is 9.15. The summed E-state index contributed by atoms with van der Waals surface area (Å²) in [5.74, 6) is 0.369. The lowest BCUT2D eigenvalue weighted by atomic mass is 10.0. The number of allylic oxidation sites excluding steroid dienone is 6. The predicted octanol–water partition coefficient (Wildman–Crippen LogP) is 2.55. The van der Waals surface area contributed by atoms with E-state index in [2.05, 4.69) is 0 Å². The molecule has 1 aliphatic carbocycles. The fraction of sp³-hybridized carbons (Fsp3) is 0.154. The summed E-state index contributed by atoms with van der Waals surface area (Å²) < 4.78 is 4.97. The van der Waals surface area contributed by atoms with Gasteiger partial charge in [0.2, 0.25) is 0 Å². The summed E-state index contributed by atoms with van der Waals surface area (Å²) in [6.45, 7) is 3.42. The lowest BCUT2D eigenvalue weighted by Crippen LogP contribution is -2.07. The second-order valence-corrected chi connectivity index (χ2v) is 3.70. The van der Waals surface area contributed by atoms with E-state index < -0.39 is 5.63 Å². The van der Waals surface area contributed by atoms with Crippen LogP contribution < -0.4 is 5.63 Å². The van der Waals surface area contributed by atoms with Crippen LogP contribution in [0.4, 0.5) is 0 Å². The van der Waals surface area contributed by atoms with E-state index >= 15 is 0 Å². The largest absolute Gasteiger partial charge is 0.507 e. The molecule has 0 aliphatic heterocycles. The minimum Gasteiger partial charge on any atom is -0.507 e. The van der Waals surface area contributed by atoms with Crippen LogP contribution in [0.15, 0.2) is 45.2 Å². The molecule has 1 aliphatic rings. The summed E-state index contributed by atoms with van der Waals surface area (Å²) in [5.41, 5.74) is 1.36. The smallest absolute Gasteiger partial charge is 0.347 e. The van der Waals surface area contributed by atoms with Crippen LogP contribution in [0.3, 0.4) is 0 Å². The van der Waals surface area contributed by atoms with Gasteiger partial charge in [0, 0.05) is 6.07 Å². The van der Waals surface area contributed by atoms with Crippen LogP contribution in [0, 0.1) is 6.92 Å². The van der Waals surface area contributed by atoms with Crippen molar-refractivity contribution in [2.75, 3.05) is 0 Å². The third-order valence-electron chi connectivity index (χ3n) is 2.52. The molecule has 0 unspecified atom stereocenters. The van der Waals surface area contributed by atoms with Gasteiger partial charge in [0.1, 0.15) is 17.1 Å². The average molecular weight is 216 g/mol. The SMILES string of the molecule is CC(=C1C=CC=C1)c1c(O)cc(C)oc1=O. The van der Waals surface area contributed by atoms with E-state index in [4.69, 9.17) is 4.42 Å². The van der Waals surface area contributed by atoms with Gasteiger partial charge in [0.05, 0.1) is 0 Å². The molecule has 1 N–H and O–H groups in total. The van der Waals surface area contributed by atoms with Crippen LogP contribution in [0.2, 0.25) is 0 Å². The van der Waals surface area contributed by atoms with Gasteiger partial charge in [-0.2, -0.15) is 0 Å². The van der Waals surface area contributed by atoms with Gasteiger partial charge in [0.15, 0.2) is 0 Å². The van der Waals surface area contributed by atoms with Crippen molar-refractivity contribution in [2.45, 2.75) is 13.8 Å². The standard InChI is InChI=1S/C13H12O3/c1-8-7-11(14)12(13(15)16-8)9(2)10-5-3-4-6-10/h3-7,14H,1-2H3. The summed E-state index contributed by atoms with van der Waals surface area (Å²) in [7, 11) is 0. The van der Waals surface area contributed by atoms with Crippen molar-refractivity contribution in [3.05, 3.63) is 57.7 Å². The maximum atomic E-state index is 11.7. The molecule has 0 radical (unpaired) electrons. The van der Waals surface area contributed by atoms with E-state index in [-0.39, 0.29) is 11.3 Å². The van der Waals surface area contributed by atoms with E-state index in [1.807, 2.05) is 24.3 Å². The van der Waals surface area contributed by atoms with Gasteiger partial charge >= 0.3 is 5.63 Å². The molecule has 0 saturated heterocycles. The zero-order valence-electron chi connectivity index (χ0n) is 9.15. The van der Waals surface area contributed by atoms with Crippen LogP contribution in [-0.2, 0) is 0 Å². The molecule has 3 heteroatoms. The summed E-state index contributed by atoms with van der Waals surface area (Å²) in [6, 6.07) is 1.45. The summed E-state index contributed by atoms with van der Waals surface area (Å²) in [6.07, 6.45) is 7.53. The van der Waals surface area contributed by atoms with Gasteiger partial charge in [-0.05, 0) is 25.0 Å². The Morgan fingerprint density at radius 3 is 2.50 bits per heavy atom. The van der Waals surface area contributed by atoms with Crippen LogP contribution >= 0.6 is 0 Å². The lowest BCUT2D eigenvalue weighted by molar-refractivity contribution is 0.431. The fourth-order valence-corrected chi connectivity index (χ4v) is 1.71. The van der Waals surface area contributed by atoms with Crippen molar-refractivity contribution in [3.63, 3.8) is 0 Å². The first-order valence-electron chi connectivity index (χ1n) is 4.99. The highest BCUT2D eigenvalue weighted by atomic mass is 16.4. The summed E-state index contributed by atoms with van der Waals surface area (Å²) in [5, 5.41) is 9.76. The quantitative estimate of drug-likeness (QED) is 0.784. The highest BCUT2D eigenvalue weighted by Crippen LogP contribution is 2.27. The molecule has 0 bridgehead atoms. The minimum absolute atomic E-state index is 0.0348. The first kappa shape index (κ1) is 10.5. The van der Waals surface area contributed by atoms with Gasteiger partial charge in [-0.3, -0.25) is 0 Å². The second-order valence-electron chi connectivity index (χ2n) is 3.70. The van der Waals surface area contributed by atoms with Crippen molar-refractivity contribution < 1.29 is 9.52 Å². The molecule has 1 aromatic heterocycles. The lowest BCUT2D eigenvalue weighted by Gasteiger charge is -2.05. The molecule has 0 atom stereocenters. The van der Waals surface area contributed by atoms with Crippen LogP contribution in [0.5, 0.6) is 5.75 Å². The monoisotopic (exact) mass is 216 g/mol. The number of aromatic hydroxyl groups is 1. The van der Waals surface area contributed by atoms with E-state index in [0.717, 1.165) is 11.1 Å². The number of hydrogen-bond donors (Lipinski definition) is 1. The van der Waals surface area contributed by atoms with Gasteiger partial charge in [-0.1, -0.05) is 24.3 Å². The molecule has 1 aromatic rings. The number of aryl methyl sites for hydroxylation is 1. The molecule has 0 amide bonds. The molecule has 0 fully saturated rings. The first-order valence-corrected chi connectivity index (χ1v) is 4.99. The first-order chi connectivity index (χ1) is 7.59. The van der Waals surface area contributed by atoms with E-state index in [1.54, 1.807) is 13.8 Å². The highest BCUT2D eigenvalue weighted by Gasteiger charge is 2.13. The third kappa shape index (κ3) is 1.72. The number of rotatable bonds is 1. The Morgan fingerprint density at radius 1 is 1.31 bits per heavy atom. The fourth-order valence-electron chi connectivity index (χ4n) is 1.71. The Balaban J connectivity index is 2.66. The van der Waals surface area contributed by atoms with E-state index in [1.165, 1.54) is 6.07 Å². The predicted molar refractivity (Wildman–Crippen MR) is 62.3 cm³/mol. The van der Waals surface area contributed by atoms with Gasteiger partial charge in [-0.25, -0.2) is 4.79 Å². The topological polar surface area (TPSA) is 50.4 Å². The van der Waals surface area contributed by atoms with Gasteiger partial charge in [0.25, 0.3) is 0 Å². The zero-order chi connectivity index (χ0) is 11.7. The van der Waals surface area contributed by atoms with Crippen molar-refractivity contribution in [3.8, 4) is 5.75 Å². The summed E-state index contributed by atoms with van der Waals surface area (Å²) >= 11 is 0. The molecule has 0 saturated carbocycles. The molecular weight excluding hydrogens is 204 g/mol. The molecule has 1 heterocycles. The minimum atomic E-state index is -0.504. The van der Waals surface area contributed by atoms with Crippen molar-refractivity contribution in [1.29, 1.82) is 0 Å². The Hall–Kier alpha value is -2.03. The van der Waals surface area contributed by atoms with Crippen LogP contribution in [0.1, 0.15) is 18.2 Å². The Labute approximate surface area is 93.0 Å². The van der Waals surface area contributed by atoms with Crippen molar-refractivity contribution >= 4 is 5.57 Å². The molecule has 0 spiro atoms. The molecular formula is C13H12O3. The summed E-state index contributed by atoms with van der Waals surface area (Å²) in [4.78, 5) is 11.7. The van der Waals surface area contributed by atoms with Crippen LogP contribution in [0.25, 0.3) is 5.57 Å². The molecule has 16 heavy (non-hydrogen) atoms.